The number of alkyl halides is 3. The van der Waals surface area contributed by atoms with Crippen LogP contribution in [0.5, 0.6) is 23.1 Å². The predicted octanol–water partition coefficient (Wildman–Crippen LogP) is 4.25. The number of aromatic nitrogens is 2. The SMILES string of the molecule is COc1ccnc(C(=O)Nc2ccc(Oc3cccc(C(F)(F)F)n3)cc2)c1O. The first kappa shape index (κ1) is 19.9. The Balaban J connectivity index is 1.70. The lowest BCUT2D eigenvalue weighted by atomic mass is 10.2. The number of anilines is 1. The Kier molecular flexibility index (Phi) is 5.53. The third-order valence-corrected chi connectivity index (χ3v) is 3.67. The summed E-state index contributed by atoms with van der Waals surface area (Å²) in [5, 5.41) is 12.5. The number of rotatable bonds is 5. The van der Waals surface area contributed by atoms with Gasteiger partial charge in [-0.05, 0) is 30.3 Å². The van der Waals surface area contributed by atoms with Crippen LogP contribution in [0.25, 0.3) is 0 Å². The molecule has 150 valence electrons. The van der Waals surface area contributed by atoms with Gasteiger partial charge in [0.2, 0.25) is 5.88 Å². The van der Waals surface area contributed by atoms with E-state index in [1.165, 1.54) is 55.8 Å². The standard InChI is InChI=1S/C19H14F3N3O4/c1-28-13-9-10-23-16(17(13)26)18(27)24-11-5-7-12(8-6-11)29-15-4-2-3-14(25-15)19(20,21)22/h2-10,26H,1H3,(H,24,27). The number of carbonyl (C=O) groups is 1. The highest BCUT2D eigenvalue weighted by Gasteiger charge is 2.32. The number of pyridine rings is 2. The molecule has 2 aromatic heterocycles. The molecule has 1 aromatic carbocycles. The fourth-order valence-corrected chi connectivity index (χ4v) is 2.31. The molecule has 0 spiro atoms. The maximum absolute atomic E-state index is 12.7. The van der Waals surface area contributed by atoms with Crippen molar-refractivity contribution < 1.29 is 32.5 Å². The van der Waals surface area contributed by atoms with Crippen LogP contribution >= 0.6 is 0 Å². The summed E-state index contributed by atoms with van der Waals surface area (Å²) < 4.78 is 48.4. The molecule has 1 amide bonds. The summed E-state index contributed by atoms with van der Waals surface area (Å²) in [6.45, 7) is 0. The zero-order valence-corrected chi connectivity index (χ0v) is 14.9. The summed E-state index contributed by atoms with van der Waals surface area (Å²) in [6.07, 6.45) is -3.26. The van der Waals surface area contributed by atoms with Crippen LogP contribution in [-0.2, 0) is 6.18 Å². The number of halogens is 3. The maximum atomic E-state index is 12.7. The third kappa shape index (κ3) is 4.72. The topological polar surface area (TPSA) is 93.6 Å². The molecule has 0 bridgehead atoms. The van der Waals surface area contributed by atoms with Crippen molar-refractivity contribution in [2.75, 3.05) is 12.4 Å². The highest BCUT2D eigenvalue weighted by molar-refractivity contribution is 6.05. The monoisotopic (exact) mass is 405 g/mol. The van der Waals surface area contributed by atoms with Gasteiger partial charge in [0.1, 0.15) is 11.4 Å². The Bertz CT molecular complexity index is 1020. The van der Waals surface area contributed by atoms with Gasteiger partial charge >= 0.3 is 6.18 Å². The lowest BCUT2D eigenvalue weighted by Crippen LogP contribution is -2.14. The van der Waals surface area contributed by atoms with Gasteiger partial charge in [-0.3, -0.25) is 4.79 Å². The van der Waals surface area contributed by atoms with Crippen molar-refractivity contribution >= 4 is 11.6 Å². The average molecular weight is 405 g/mol. The van der Waals surface area contributed by atoms with E-state index in [1.807, 2.05) is 0 Å². The highest BCUT2D eigenvalue weighted by Crippen LogP contribution is 2.31. The molecule has 0 unspecified atom stereocenters. The van der Waals surface area contributed by atoms with Gasteiger partial charge in [0.25, 0.3) is 5.91 Å². The van der Waals surface area contributed by atoms with Crippen molar-refractivity contribution in [1.29, 1.82) is 0 Å². The number of ether oxygens (including phenoxy) is 2. The largest absolute Gasteiger partial charge is 0.503 e. The minimum absolute atomic E-state index is 0.0995. The van der Waals surface area contributed by atoms with Crippen LogP contribution in [0, 0.1) is 0 Å². The van der Waals surface area contributed by atoms with Crippen molar-refractivity contribution in [2.45, 2.75) is 6.18 Å². The van der Waals surface area contributed by atoms with E-state index in [0.717, 1.165) is 6.07 Å². The molecular formula is C19H14F3N3O4. The molecule has 0 atom stereocenters. The Labute approximate surface area is 162 Å². The summed E-state index contributed by atoms with van der Waals surface area (Å²) >= 11 is 0. The second-order valence-electron chi connectivity index (χ2n) is 5.65. The van der Waals surface area contributed by atoms with E-state index in [9.17, 15) is 23.1 Å². The zero-order valence-electron chi connectivity index (χ0n) is 14.9. The fourth-order valence-electron chi connectivity index (χ4n) is 2.31. The van der Waals surface area contributed by atoms with Gasteiger partial charge in [-0.25, -0.2) is 9.97 Å². The van der Waals surface area contributed by atoms with Gasteiger partial charge in [0.15, 0.2) is 17.2 Å². The number of amides is 1. The average Bonchev–Trinajstić information content (AvgIpc) is 2.69. The van der Waals surface area contributed by atoms with Crippen molar-refractivity contribution in [3.8, 4) is 23.1 Å². The first-order valence-electron chi connectivity index (χ1n) is 8.13. The molecule has 3 aromatic rings. The van der Waals surface area contributed by atoms with Gasteiger partial charge in [-0.1, -0.05) is 6.07 Å². The van der Waals surface area contributed by atoms with Gasteiger partial charge in [0, 0.05) is 24.0 Å². The number of carbonyl (C=O) groups excluding carboxylic acids is 1. The molecule has 3 rings (SSSR count). The van der Waals surface area contributed by atoms with Crippen LogP contribution in [0.1, 0.15) is 16.2 Å². The number of nitrogens with zero attached hydrogens (tertiary/aromatic N) is 2. The highest BCUT2D eigenvalue weighted by atomic mass is 19.4. The fraction of sp³-hybridized carbons (Fsp3) is 0.105. The Morgan fingerprint density at radius 2 is 1.83 bits per heavy atom. The molecule has 0 aliphatic carbocycles. The van der Waals surface area contributed by atoms with Crippen LogP contribution in [-0.4, -0.2) is 28.1 Å². The number of aromatic hydroxyl groups is 1. The van der Waals surface area contributed by atoms with E-state index < -0.39 is 23.5 Å². The van der Waals surface area contributed by atoms with Crippen LogP contribution < -0.4 is 14.8 Å². The van der Waals surface area contributed by atoms with E-state index in [-0.39, 0.29) is 23.1 Å². The van der Waals surface area contributed by atoms with Gasteiger partial charge in [-0.2, -0.15) is 13.2 Å². The molecule has 0 aliphatic rings. The van der Waals surface area contributed by atoms with E-state index >= 15 is 0 Å². The van der Waals surface area contributed by atoms with Crippen LogP contribution in [0.3, 0.4) is 0 Å². The van der Waals surface area contributed by atoms with Gasteiger partial charge in [0.05, 0.1) is 7.11 Å². The molecule has 2 heterocycles. The third-order valence-electron chi connectivity index (χ3n) is 3.67. The van der Waals surface area contributed by atoms with Gasteiger partial charge in [-0.15, -0.1) is 0 Å². The number of benzene rings is 1. The van der Waals surface area contributed by atoms with Crippen LogP contribution in [0.15, 0.2) is 54.7 Å². The molecule has 10 heteroatoms. The minimum Gasteiger partial charge on any atom is -0.503 e. The van der Waals surface area contributed by atoms with E-state index in [2.05, 4.69) is 15.3 Å². The molecule has 0 radical (unpaired) electrons. The number of nitrogens with one attached hydrogen (secondary N) is 1. The molecule has 0 fully saturated rings. The predicted molar refractivity (Wildman–Crippen MR) is 96.2 cm³/mol. The first-order chi connectivity index (χ1) is 13.8. The molecule has 0 aliphatic heterocycles. The quantitative estimate of drug-likeness (QED) is 0.659. The molecule has 0 saturated carbocycles. The number of hydrogen-bond donors (Lipinski definition) is 2. The van der Waals surface area contributed by atoms with Gasteiger partial charge < -0.3 is 19.9 Å². The first-order valence-corrected chi connectivity index (χ1v) is 8.13. The van der Waals surface area contributed by atoms with Crippen molar-refractivity contribution in [3.05, 3.63) is 66.1 Å². The van der Waals surface area contributed by atoms with Crippen molar-refractivity contribution in [2.24, 2.45) is 0 Å². The smallest absolute Gasteiger partial charge is 0.433 e. The number of hydrogen-bond acceptors (Lipinski definition) is 6. The zero-order chi connectivity index (χ0) is 21.0. The summed E-state index contributed by atoms with van der Waals surface area (Å²) in [5.74, 6) is -0.973. The van der Waals surface area contributed by atoms with Crippen molar-refractivity contribution in [3.63, 3.8) is 0 Å². The summed E-state index contributed by atoms with van der Waals surface area (Å²) in [7, 11) is 1.34. The Hall–Kier alpha value is -3.82. The van der Waals surface area contributed by atoms with Crippen LogP contribution in [0.4, 0.5) is 18.9 Å². The lowest BCUT2D eigenvalue weighted by molar-refractivity contribution is -0.141. The van der Waals surface area contributed by atoms with Crippen molar-refractivity contribution in [1.82, 2.24) is 9.97 Å². The second-order valence-corrected chi connectivity index (χ2v) is 5.65. The Morgan fingerprint density at radius 3 is 2.48 bits per heavy atom. The van der Waals surface area contributed by atoms with E-state index in [4.69, 9.17) is 9.47 Å². The van der Waals surface area contributed by atoms with E-state index in [1.54, 1.807) is 0 Å². The normalized spacial score (nSPS) is 11.0. The maximum Gasteiger partial charge on any atom is 0.433 e. The lowest BCUT2D eigenvalue weighted by Gasteiger charge is -2.10. The summed E-state index contributed by atoms with van der Waals surface area (Å²) in [5.41, 5.74) is -0.939. The molecule has 29 heavy (non-hydrogen) atoms. The molecule has 7 nitrogen and oxygen atoms in total. The Morgan fingerprint density at radius 1 is 1.10 bits per heavy atom. The van der Waals surface area contributed by atoms with E-state index in [0.29, 0.717) is 5.69 Å². The summed E-state index contributed by atoms with van der Waals surface area (Å²) in [4.78, 5) is 19.5. The minimum atomic E-state index is -4.58. The molecule has 0 saturated heterocycles. The summed E-state index contributed by atoms with van der Waals surface area (Å²) in [6, 6.07) is 10.5. The second kappa shape index (κ2) is 8.05. The van der Waals surface area contributed by atoms with Crippen LogP contribution in [0.2, 0.25) is 0 Å². The number of methoxy groups -OCH3 is 1. The molecular weight excluding hydrogens is 391 g/mol. The molecule has 2 N–H and O–H groups in total.